The number of rotatable bonds is 18. The van der Waals surface area contributed by atoms with Gasteiger partial charge >= 0.3 is 5.51 Å². The lowest BCUT2D eigenvalue weighted by Crippen LogP contribution is -2.47. The molecule has 0 unspecified atom stereocenters. The summed E-state index contributed by atoms with van der Waals surface area (Å²) in [5.74, 6) is -0.628. The summed E-state index contributed by atoms with van der Waals surface area (Å²) in [6.45, 7) is 6.01. The molecule has 2 aliphatic heterocycles. The zero-order valence-corrected chi connectivity index (χ0v) is 40.4. The summed E-state index contributed by atoms with van der Waals surface area (Å²) in [4.78, 5) is 19.4. The molecule has 1 saturated carbocycles. The van der Waals surface area contributed by atoms with Gasteiger partial charge in [-0.3, -0.25) is 14.6 Å². The lowest BCUT2D eigenvalue weighted by Gasteiger charge is -2.37. The molecule has 1 amide bonds. The van der Waals surface area contributed by atoms with Crippen molar-refractivity contribution in [2.45, 2.75) is 96.1 Å². The number of piperazine rings is 1. The van der Waals surface area contributed by atoms with E-state index in [1.54, 1.807) is 12.1 Å². The number of nitrogens with one attached hydrogen (secondary N) is 2. The number of sulfone groups is 1. The molecule has 0 radical (unpaired) electrons. The molecule has 67 heavy (non-hydrogen) atoms. The first-order valence-electron chi connectivity index (χ1n) is 23.0. The van der Waals surface area contributed by atoms with Crippen molar-refractivity contribution >= 4 is 66.1 Å². The number of carbonyl (C=O) groups is 1. The van der Waals surface area contributed by atoms with E-state index in [1.165, 1.54) is 53.4 Å². The summed E-state index contributed by atoms with van der Waals surface area (Å²) in [5, 5.41) is 3.80. The first-order chi connectivity index (χ1) is 32.1. The zero-order chi connectivity index (χ0) is 47.2. The fourth-order valence-corrected chi connectivity index (χ4v) is 12.4. The van der Waals surface area contributed by atoms with Crippen LogP contribution in [0.2, 0.25) is 5.02 Å². The Morgan fingerprint density at radius 2 is 1.51 bits per heavy atom. The van der Waals surface area contributed by atoms with Gasteiger partial charge in [-0.1, -0.05) is 47.5 Å². The Hall–Kier alpha value is -4.10. The van der Waals surface area contributed by atoms with Crippen LogP contribution in [-0.2, 0) is 24.6 Å². The number of amides is 1. The molecule has 4 aliphatic rings. The van der Waals surface area contributed by atoms with Crippen molar-refractivity contribution in [3.05, 3.63) is 119 Å². The van der Waals surface area contributed by atoms with Crippen molar-refractivity contribution < 1.29 is 39.5 Å². The van der Waals surface area contributed by atoms with Crippen molar-refractivity contribution in [2.24, 2.45) is 0 Å². The minimum absolute atomic E-state index is 0.00565. The van der Waals surface area contributed by atoms with Gasteiger partial charge in [-0.15, -0.1) is 11.8 Å². The normalized spacial score (nSPS) is 18.6. The molecule has 8 rings (SSSR count). The van der Waals surface area contributed by atoms with E-state index in [9.17, 15) is 34.8 Å². The molecule has 18 heteroatoms. The molecule has 1 atom stereocenters. The van der Waals surface area contributed by atoms with Crippen LogP contribution in [0.4, 0.5) is 24.5 Å². The monoisotopic (exact) mass is 999 g/mol. The highest BCUT2D eigenvalue weighted by atomic mass is 35.5. The topological polar surface area (TPSA) is 128 Å². The van der Waals surface area contributed by atoms with E-state index in [1.807, 2.05) is 47.2 Å². The van der Waals surface area contributed by atoms with Crippen molar-refractivity contribution in [1.82, 2.24) is 14.5 Å². The Balaban J connectivity index is 0.939. The van der Waals surface area contributed by atoms with Crippen LogP contribution in [0.3, 0.4) is 0 Å². The molecule has 0 aromatic heterocycles. The molecular weight excluding hydrogens is 943 g/mol. The van der Waals surface area contributed by atoms with E-state index in [2.05, 4.69) is 32.1 Å². The number of alkyl halides is 3. The maximum absolute atomic E-state index is 14.3. The van der Waals surface area contributed by atoms with Crippen molar-refractivity contribution in [3.8, 4) is 0 Å². The number of benzene rings is 4. The third-order valence-electron chi connectivity index (χ3n) is 13.1. The number of carbonyl (C=O) groups excluding carboxylic acids is 1. The summed E-state index contributed by atoms with van der Waals surface area (Å²) >= 11 is 7.63. The van der Waals surface area contributed by atoms with E-state index in [0.29, 0.717) is 50.1 Å². The third-order valence-corrected chi connectivity index (χ3v) is 17.4. The molecular formula is C49H57ClF3N5O6S3. The second kappa shape index (κ2) is 21.7. The van der Waals surface area contributed by atoms with E-state index >= 15 is 0 Å². The molecule has 360 valence electrons. The van der Waals surface area contributed by atoms with E-state index in [4.69, 9.17) is 16.3 Å². The van der Waals surface area contributed by atoms with Gasteiger partial charge in [0.15, 0.2) is 0 Å². The second-order valence-corrected chi connectivity index (χ2v) is 22.8. The largest absolute Gasteiger partial charge is 0.501 e. The Labute approximate surface area is 401 Å². The van der Waals surface area contributed by atoms with Gasteiger partial charge in [-0.25, -0.2) is 21.6 Å². The molecule has 3 fully saturated rings. The standard InChI is InChI=1S/C49H57ClF3N5O6S3/c50-38-14-10-35(11-15-38)45-9-5-4-6-37(45)33-56-26-28-57(29-27-56)40-16-12-36(13-17-40)48(59)55-67(62,63)44-20-21-46(47(32-44)66(60,61)49(51,52)53)54-39(34-65-43-7-2-1-3-8-43)22-25-58(41-18-19-41)42-23-30-64-31-24-42/h1-3,7-8,10-17,20-21,32,39,41-42,54H,4-6,9,18-19,22-31,33-34H2,(H,55,59)/t39-/m1/s1. The fraction of sp³-hybridized carbons (Fsp3) is 0.449. The predicted molar refractivity (Wildman–Crippen MR) is 259 cm³/mol. The van der Waals surface area contributed by atoms with Gasteiger partial charge in [0.05, 0.1) is 10.6 Å². The number of anilines is 2. The summed E-state index contributed by atoms with van der Waals surface area (Å²) in [5.41, 5.74) is -1.16. The molecule has 2 heterocycles. The lowest BCUT2D eigenvalue weighted by atomic mass is 9.87. The maximum atomic E-state index is 14.3. The van der Waals surface area contributed by atoms with Gasteiger partial charge in [0.2, 0.25) is 0 Å². The molecule has 11 nitrogen and oxygen atoms in total. The summed E-state index contributed by atoms with van der Waals surface area (Å²) in [7, 11) is -10.9. The highest BCUT2D eigenvalue weighted by molar-refractivity contribution is 7.99. The number of nitrogens with zero attached hydrogens (tertiary/aromatic N) is 3. The van der Waals surface area contributed by atoms with Crippen LogP contribution in [0.1, 0.15) is 73.7 Å². The fourth-order valence-electron chi connectivity index (χ4n) is 9.30. The Morgan fingerprint density at radius 3 is 2.18 bits per heavy atom. The number of thioether (sulfide) groups is 1. The average Bonchev–Trinajstić information content (AvgIpc) is 4.17. The Morgan fingerprint density at radius 1 is 0.836 bits per heavy atom. The molecule has 2 aliphatic carbocycles. The third kappa shape index (κ3) is 12.6. The highest BCUT2D eigenvalue weighted by Gasteiger charge is 2.48. The summed E-state index contributed by atoms with van der Waals surface area (Å²) in [6.07, 6.45) is 8.82. The van der Waals surface area contributed by atoms with Gasteiger partial charge < -0.3 is 15.0 Å². The van der Waals surface area contributed by atoms with Gasteiger partial charge in [-0.2, -0.15) is 13.2 Å². The van der Waals surface area contributed by atoms with Crippen molar-refractivity contribution in [3.63, 3.8) is 0 Å². The molecule has 4 aromatic rings. The lowest BCUT2D eigenvalue weighted by molar-refractivity contribution is -0.0435. The number of hydrogen-bond donors (Lipinski definition) is 2. The number of ether oxygens (including phenoxy) is 1. The van der Waals surface area contributed by atoms with E-state index in [0.717, 1.165) is 99.0 Å². The van der Waals surface area contributed by atoms with Crippen LogP contribution in [-0.4, -0.2) is 114 Å². The first-order valence-corrected chi connectivity index (χ1v) is 27.3. The minimum atomic E-state index is -6.06. The van der Waals surface area contributed by atoms with Crippen molar-refractivity contribution in [2.75, 3.05) is 68.5 Å². The van der Waals surface area contributed by atoms with Crippen LogP contribution >= 0.6 is 23.4 Å². The van der Waals surface area contributed by atoms with Gasteiger partial charge in [0.1, 0.15) is 4.90 Å². The molecule has 4 aromatic carbocycles. The second-order valence-electron chi connectivity index (χ2n) is 17.7. The molecule has 0 spiro atoms. The minimum Gasteiger partial charge on any atom is -0.381 e. The van der Waals surface area contributed by atoms with E-state index in [-0.39, 0.29) is 11.3 Å². The van der Waals surface area contributed by atoms with Crippen LogP contribution < -0.4 is 14.9 Å². The van der Waals surface area contributed by atoms with Crippen LogP contribution in [0, 0.1) is 0 Å². The average molecular weight is 1000 g/mol. The van der Waals surface area contributed by atoms with Crippen molar-refractivity contribution in [1.29, 1.82) is 0 Å². The van der Waals surface area contributed by atoms with E-state index < -0.39 is 47.1 Å². The Bertz CT molecular complexity index is 2590. The zero-order valence-electron chi connectivity index (χ0n) is 37.2. The smallest absolute Gasteiger partial charge is 0.381 e. The van der Waals surface area contributed by atoms with Gasteiger partial charge in [0.25, 0.3) is 25.8 Å². The molecule has 0 bridgehead atoms. The number of sulfonamides is 1. The molecule has 2 saturated heterocycles. The highest BCUT2D eigenvalue weighted by Crippen LogP contribution is 2.38. The Kier molecular flexibility index (Phi) is 16.0. The van der Waals surface area contributed by atoms with Gasteiger partial charge in [-0.05, 0) is 136 Å². The van der Waals surface area contributed by atoms with Crippen LogP contribution in [0.25, 0.3) is 5.57 Å². The van der Waals surface area contributed by atoms with Crippen LogP contribution in [0.15, 0.2) is 117 Å². The number of hydrogen-bond acceptors (Lipinski definition) is 11. The number of allylic oxidation sites excluding steroid dienone is 1. The maximum Gasteiger partial charge on any atom is 0.501 e. The van der Waals surface area contributed by atoms with Gasteiger partial charge in [0, 0.05) is 97.5 Å². The summed E-state index contributed by atoms with van der Waals surface area (Å²) < 4.78 is 104. The summed E-state index contributed by atoms with van der Waals surface area (Å²) in [6, 6.07) is 26.7. The number of halogens is 4. The molecule has 2 N–H and O–H groups in total. The first kappa shape index (κ1) is 49.3. The predicted octanol–water partition coefficient (Wildman–Crippen LogP) is 9.51. The quantitative estimate of drug-likeness (QED) is 0.0926. The SMILES string of the molecule is O=C(NS(=O)(=O)c1ccc(N[C@H](CCN(C2CCOCC2)C2CC2)CSc2ccccc2)c(S(=O)(=O)C(F)(F)F)c1)c1ccc(N2CCN(CC3=C(c4ccc(Cl)cc4)CCCC3)CC2)cc1. The van der Waals surface area contributed by atoms with Crippen LogP contribution in [0.5, 0.6) is 0 Å².